The molecule has 0 saturated heterocycles. The van der Waals surface area contributed by atoms with Crippen molar-refractivity contribution in [1.29, 1.82) is 0 Å². The van der Waals surface area contributed by atoms with Gasteiger partial charge in [-0.05, 0) is 75.5 Å². The summed E-state index contributed by atoms with van der Waals surface area (Å²) in [6, 6.07) is 19.8. The van der Waals surface area contributed by atoms with E-state index in [4.69, 9.17) is 4.74 Å². The number of allylic oxidation sites excluding steroid dienone is 3. The molecule has 3 heteroatoms. The summed E-state index contributed by atoms with van der Waals surface area (Å²) < 4.78 is 7.72. The van der Waals surface area contributed by atoms with Crippen molar-refractivity contribution in [3.05, 3.63) is 93.3 Å². The number of hydrogen-bond acceptors (Lipinski definition) is 2. The first-order valence-electron chi connectivity index (χ1n) is 11.2. The van der Waals surface area contributed by atoms with Gasteiger partial charge in [-0.2, -0.15) is 0 Å². The lowest BCUT2D eigenvalue weighted by Gasteiger charge is -2.23. The quantitative estimate of drug-likeness (QED) is 0.197. The maximum Gasteiger partial charge on any atom is 0.153 e. The summed E-state index contributed by atoms with van der Waals surface area (Å²) in [5.74, 6) is 0.462. The van der Waals surface area contributed by atoms with Gasteiger partial charge in [-0.25, -0.2) is 0 Å². The highest BCUT2D eigenvalue weighted by atomic mass is 127. The van der Waals surface area contributed by atoms with Gasteiger partial charge in [0, 0.05) is 5.92 Å². The first-order chi connectivity index (χ1) is 14.7. The third kappa shape index (κ3) is 6.45. The van der Waals surface area contributed by atoms with Crippen LogP contribution in [0.1, 0.15) is 75.2 Å². The lowest BCUT2D eigenvalue weighted by Crippen LogP contribution is -2.12. The fourth-order valence-corrected chi connectivity index (χ4v) is 5.19. The molecule has 1 fully saturated rings. The molecule has 0 aromatic heterocycles. The van der Waals surface area contributed by atoms with Crippen molar-refractivity contribution < 1.29 is 9.84 Å². The minimum absolute atomic E-state index is 0.428. The van der Waals surface area contributed by atoms with E-state index in [0.717, 1.165) is 11.1 Å². The number of benzene rings is 2. The van der Waals surface area contributed by atoms with Crippen LogP contribution in [-0.4, -0.2) is 5.11 Å². The molecule has 1 N–H and O–H groups in total. The highest BCUT2D eigenvalue weighted by Gasteiger charge is 2.25. The SMILES string of the molecule is CCCCC/C(I)=C1\CCC[C@@H]1/C=C/O[C@H](c1ccccc1)[C@H](O)c1ccccc1. The summed E-state index contributed by atoms with van der Waals surface area (Å²) in [5.41, 5.74) is 3.44. The lowest BCUT2D eigenvalue weighted by atomic mass is 9.98. The highest BCUT2D eigenvalue weighted by Crippen LogP contribution is 2.39. The fraction of sp³-hybridized carbons (Fsp3) is 0.407. The summed E-state index contributed by atoms with van der Waals surface area (Å²) in [6.45, 7) is 2.26. The molecule has 1 aliphatic carbocycles. The topological polar surface area (TPSA) is 29.5 Å². The summed E-state index contributed by atoms with van der Waals surface area (Å²) in [4.78, 5) is 0. The van der Waals surface area contributed by atoms with Gasteiger partial charge < -0.3 is 9.84 Å². The van der Waals surface area contributed by atoms with Crippen LogP contribution in [0.3, 0.4) is 0 Å². The molecular formula is C27H33IO2. The van der Waals surface area contributed by atoms with E-state index < -0.39 is 12.2 Å². The van der Waals surface area contributed by atoms with Gasteiger partial charge in [0.2, 0.25) is 0 Å². The van der Waals surface area contributed by atoms with Crippen molar-refractivity contribution in [1.82, 2.24) is 0 Å². The van der Waals surface area contributed by atoms with E-state index in [9.17, 15) is 5.11 Å². The monoisotopic (exact) mass is 516 g/mol. The van der Waals surface area contributed by atoms with E-state index in [1.54, 1.807) is 5.57 Å². The third-order valence-corrected chi connectivity index (χ3v) is 7.08. The number of hydrogen-bond donors (Lipinski definition) is 1. The average molecular weight is 516 g/mol. The van der Waals surface area contributed by atoms with Crippen molar-refractivity contribution in [3.8, 4) is 0 Å². The van der Waals surface area contributed by atoms with Gasteiger partial charge in [0.15, 0.2) is 6.10 Å². The molecule has 0 unspecified atom stereocenters. The standard InChI is InChI=1S/C27H33IO2/c1-2-3-6-18-25(28)24-17-11-16-21(24)19-20-30-27(23-14-9-5-10-15-23)26(29)22-12-7-4-8-13-22/h4-5,7-10,12-15,19-21,26-27,29H,2-3,6,11,16-18H2,1H3/b20-19+,25-24-/t21-,26-,27-/m1/s1. The second-order valence-corrected chi connectivity index (χ2v) is 9.34. The van der Waals surface area contributed by atoms with E-state index in [-0.39, 0.29) is 0 Å². The minimum Gasteiger partial charge on any atom is -0.491 e. The van der Waals surface area contributed by atoms with Gasteiger partial charge in [0.05, 0.1) is 6.26 Å². The zero-order chi connectivity index (χ0) is 21.2. The van der Waals surface area contributed by atoms with Gasteiger partial charge in [-0.15, -0.1) is 0 Å². The number of unbranched alkanes of at least 4 members (excludes halogenated alkanes) is 2. The second-order valence-electron chi connectivity index (χ2n) is 8.04. The Morgan fingerprint density at radius 1 is 1.07 bits per heavy atom. The number of aliphatic hydroxyl groups is 1. The number of aliphatic hydroxyl groups excluding tert-OH is 1. The van der Waals surface area contributed by atoms with Crippen LogP contribution in [0.2, 0.25) is 0 Å². The molecule has 0 amide bonds. The van der Waals surface area contributed by atoms with Crippen LogP contribution >= 0.6 is 22.6 Å². The molecule has 1 saturated carbocycles. The molecule has 0 aliphatic heterocycles. The predicted octanol–water partition coefficient (Wildman–Crippen LogP) is 8.06. The average Bonchev–Trinajstić information content (AvgIpc) is 3.26. The summed E-state index contributed by atoms with van der Waals surface area (Å²) in [5, 5.41) is 11.0. The molecule has 3 rings (SSSR count). The second kappa shape index (κ2) is 12.3. The molecule has 1 aliphatic rings. The van der Waals surface area contributed by atoms with Gasteiger partial charge in [-0.1, -0.05) is 86.0 Å². The minimum atomic E-state index is -0.717. The smallest absolute Gasteiger partial charge is 0.153 e. The van der Waals surface area contributed by atoms with E-state index >= 15 is 0 Å². The molecule has 3 atom stereocenters. The van der Waals surface area contributed by atoms with Gasteiger partial charge in [0.25, 0.3) is 0 Å². The molecule has 0 heterocycles. The molecule has 2 nitrogen and oxygen atoms in total. The summed E-state index contributed by atoms with van der Waals surface area (Å²) >= 11 is 2.56. The Labute approximate surface area is 195 Å². The van der Waals surface area contributed by atoms with Gasteiger partial charge in [-0.3, -0.25) is 0 Å². The molecule has 160 valence electrons. The molecule has 2 aromatic rings. The molecule has 30 heavy (non-hydrogen) atoms. The Balaban J connectivity index is 1.72. The maximum absolute atomic E-state index is 11.0. The number of halogens is 1. The zero-order valence-electron chi connectivity index (χ0n) is 17.8. The first-order valence-corrected chi connectivity index (χ1v) is 12.3. The van der Waals surface area contributed by atoms with Gasteiger partial charge >= 0.3 is 0 Å². The maximum atomic E-state index is 11.0. The Morgan fingerprint density at radius 2 is 1.73 bits per heavy atom. The van der Waals surface area contributed by atoms with Crippen molar-refractivity contribution >= 4 is 22.6 Å². The van der Waals surface area contributed by atoms with Crippen LogP contribution in [0.25, 0.3) is 0 Å². The van der Waals surface area contributed by atoms with Crippen LogP contribution < -0.4 is 0 Å². The van der Waals surface area contributed by atoms with Crippen LogP contribution in [-0.2, 0) is 4.74 Å². The van der Waals surface area contributed by atoms with E-state index in [0.29, 0.717) is 5.92 Å². The Bertz CT molecular complexity index is 813. The van der Waals surface area contributed by atoms with Gasteiger partial charge in [0.1, 0.15) is 6.10 Å². The van der Waals surface area contributed by atoms with E-state index in [1.807, 2.05) is 66.9 Å². The van der Waals surface area contributed by atoms with Crippen molar-refractivity contribution in [3.63, 3.8) is 0 Å². The predicted molar refractivity (Wildman–Crippen MR) is 133 cm³/mol. The molecule has 2 aromatic carbocycles. The van der Waals surface area contributed by atoms with Crippen molar-refractivity contribution in [2.45, 2.75) is 64.1 Å². The van der Waals surface area contributed by atoms with Crippen molar-refractivity contribution in [2.24, 2.45) is 5.92 Å². The van der Waals surface area contributed by atoms with Crippen LogP contribution in [0.5, 0.6) is 0 Å². The van der Waals surface area contributed by atoms with Crippen molar-refractivity contribution in [2.75, 3.05) is 0 Å². The third-order valence-electron chi connectivity index (χ3n) is 5.85. The summed E-state index contributed by atoms with van der Waals surface area (Å²) in [6.07, 6.45) is 11.6. The molecule has 0 spiro atoms. The lowest BCUT2D eigenvalue weighted by molar-refractivity contribution is 0.00575. The van der Waals surface area contributed by atoms with Crippen LogP contribution in [0, 0.1) is 5.92 Å². The van der Waals surface area contributed by atoms with Crippen LogP contribution in [0.15, 0.2) is 82.2 Å². The fourth-order valence-electron chi connectivity index (χ4n) is 4.14. The molecule has 0 radical (unpaired) electrons. The summed E-state index contributed by atoms with van der Waals surface area (Å²) in [7, 11) is 0. The molecular weight excluding hydrogens is 483 g/mol. The largest absolute Gasteiger partial charge is 0.491 e. The number of rotatable bonds is 10. The number of ether oxygens (including phenoxy) is 1. The van der Waals surface area contributed by atoms with E-state index in [1.165, 1.54) is 48.5 Å². The van der Waals surface area contributed by atoms with E-state index in [2.05, 4.69) is 35.6 Å². The Morgan fingerprint density at radius 3 is 2.40 bits per heavy atom. The van der Waals surface area contributed by atoms with Crippen LogP contribution in [0.4, 0.5) is 0 Å². The zero-order valence-corrected chi connectivity index (χ0v) is 20.0. The normalized spacial score (nSPS) is 20.3. The Kier molecular flexibility index (Phi) is 9.47. The molecule has 0 bridgehead atoms. The highest BCUT2D eigenvalue weighted by molar-refractivity contribution is 14.1. The Hall–Kier alpha value is -1.59. The first kappa shape index (κ1) is 23.1.